The van der Waals surface area contributed by atoms with E-state index in [9.17, 15) is 0 Å². The first-order chi connectivity index (χ1) is 9.78. The van der Waals surface area contributed by atoms with Crippen molar-refractivity contribution in [3.63, 3.8) is 0 Å². The molecule has 1 aliphatic rings. The number of nitrogens with two attached hydrogens (primary N) is 1. The SMILES string of the molecule is CCCn1nccc1-c1cc(N2CCCC2)nc(N)n1. The molecule has 0 aliphatic carbocycles. The van der Waals surface area contributed by atoms with E-state index in [1.807, 2.05) is 16.8 Å². The Kier molecular flexibility index (Phi) is 3.54. The molecule has 0 spiro atoms. The number of aromatic nitrogens is 4. The molecule has 2 aromatic rings. The average molecular weight is 272 g/mol. The van der Waals surface area contributed by atoms with Crippen molar-refractivity contribution < 1.29 is 0 Å². The maximum atomic E-state index is 5.88. The molecule has 20 heavy (non-hydrogen) atoms. The second-order valence-electron chi connectivity index (χ2n) is 5.10. The van der Waals surface area contributed by atoms with Crippen LogP contribution in [0.5, 0.6) is 0 Å². The Bertz CT molecular complexity index is 585. The Morgan fingerprint density at radius 2 is 2.05 bits per heavy atom. The largest absolute Gasteiger partial charge is 0.368 e. The number of hydrogen-bond acceptors (Lipinski definition) is 5. The summed E-state index contributed by atoms with van der Waals surface area (Å²) in [6, 6.07) is 4.00. The lowest BCUT2D eigenvalue weighted by Crippen LogP contribution is -2.20. The molecule has 0 amide bonds. The molecule has 3 heterocycles. The standard InChI is InChI=1S/C14H20N6/c1-2-7-20-12(5-6-16-20)11-10-13(18-14(15)17-11)19-8-3-4-9-19/h5-6,10H,2-4,7-9H2,1H3,(H2,15,17,18). The van der Waals surface area contributed by atoms with Gasteiger partial charge in [-0.2, -0.15) is 10.1 Å². The second kappa shape index (κ2) is 5.48. The predicted octanol–water partition coefficient (Wildman–Crippen LogP) is 1.93. The number of aryl methyl sites for hydroxylation is 1. The van der Waals surface area contributed by atoms with E-state index in [2.05, 4.69) is 26.9 Å². The fourth-order valence-corrected chi connectivity index (χ4v) is 2.63. The Morgan fingerprint density at radius 1 is 1.25 bits per heavy atom. The highest BCUT2D eigenvalue weighted by molar-refractivity contribution is 5.61. The number of anilines is 2. The van der Waals surface area contributed by atoms with Gasteiger partial charge in [-0.25, -0.2) is 4.98 Å². The third-order valence-electron chi connectivity index (χ3n) is 3.57. The molecule has 1 aliphatic heterocycles. The molecule has 0 unspecified atom stereocenters. The van der Waals surface area contributed by atoms with Gasteiger partial charge in [-0.05, 0) is 25.3 Å². The van der Waals surface area contributed by atoms with E-state index < -0.39 is 0 Å². The smallest absolute Gasteiger partial charge is 0.222 e. The maximum Gasteiger partial charge on any atom is 0.222 e. The minimum Gasteiger partial charge on any atom is -0.368 e. The molecule has 0 atom stereocenters. The molecule has 2 aromatic heterocycles. The Labute approximate surface area is 118 Å². The van der Waals surface area contributed by atoms with Gasteiger partial charge >= 0.3 is 0 Å². The summed E-state index contributed by atoms with van der Waals surface area (Å²) in [4.78, 5) is 11.0. The van der Waals surface area contributed by atoms with E-state index in [4.69, 9.17) is 5.73 Å². The minimum atomic E-state index is 0.327. The van der Waals surface area contributed by atoms with Gasteiger partial charge in [0.1, 0.15) is 5.82 Å². The van der Waals surface area contributed by atoms with Crippen LogP contribution in [0.3, 0.4) is 0 Å². The van der Waals surface area contributed by atoms with Crippen LogP contribution in [-0.4, -0.2) is 32.8 Å². The molecular weight excluding hydrogens is 252 g/mol. The Morgan fingerprint density at radius 3 is 2.80 bits per heavy atom. The van der Waals surface area contributed by atoms with Crippen molar-refractivity contribution in [2.75, 3.05) is 23.7 Å². The van der Waals surface area contributed by atoms with Crippen LogP contribution in [0.15, 0.2) is 18.3 Å². The first-order valence-electron chi connectivity index (χ1n) is 7.19. The molecular formula is C14H20N6. The second-order valence-corrected chi connectivity index (χ2v) is 5.10. The predicted molar refractivity (Wildman–Crippen MR) is 79.4 cm³/mol. The van der Waals surface area contributed by atoms with Crippen LogP contribution in [0, 0.1) is 0 Å². The zero-order valence-electron chi connectivity index (χ0n) is 11.8. The van der Waals surface area contributed by atoms with Crippen LogP contribution in [0.1, 0.15) is 26.2 Å². The van der Waals surface area contributed by atoms with Crippen LogP contribution in [0.2, 0.25) is 0 Å². The average Bonchev–Trinajstić information content (AvgIpc) is 3.09. The van der Waals surface area contributed by atoms with E-state index in [1.165, 1.54) is 12.8 Å². The summed E-state index contributed by atoms with van der Waals surface area (Å²) in [5, 5.41) is 4.34. The van der Waals surface area contributed by atoms with Gasteiger partial charge in [0.25, 0.3) is 0 Å². The molecule has 6 heteroatoms. The lowest BCUT2D eigenvalue weighted by Gasteiger charge is -2.17. The van der Waals surface area contributed by atoms with Crippen molar-refractivity contribution in [2.45, 2.75) is 32.7 Å². The molecule has 3 rings (SSSR count). The lowest BCUT2D eigenvalue weighted by atomic mass is 10.2. The van der Waals surface area contributed by atoms with Crippen LogP contribution in [0.4, 0.5) is 11.8 Å². The lowest BCUT2D eigenvalue weighted by molar-refractivity contribution is 0.608. The van der Waals surface area contributed by atoms with Crippen molar-refractivity contribution >= 4 is 11.8 Å². The maximum absolute atomic E-state index is 5.88. The van der Waals surface area contributed by atoms with Crippen molar-refractivity contribution in [2.24, 2.45) is 0 Å². The molecule has 106 valence electrons. The first-order valence-corrected chi connectivity index (χ1v) is 7.19. The van der Waals surface area contributed by atoms with Crippen molar-refractivity contribution in [3.05, 3.63) is 18.3 Å². The molecule has 0 radical (unpaired) electrons. The van der Waals surface area contributed by atoms with Gasteiger partial charge in [-0.1, -0.05) is 6.92 Å². The summed E-state index contributed by atoms with van der Waals surface area (Å²) in [6.07, 6.45) is 5.27. The molecule has 1 fully saturated rings. The van der Waals surface area contributed by atoms with Gasteiger partial charge < -0.3 is 10.6 Å². The number of hydrogen-bond donors (Lipinski definition) is 1. The van der Waals surface area contributed by atoms with Crippen molar-refractivity contribution in [1.82, 2.24) is 19.7 Å². The molecule has 0 aromatic carbocycles. The van der Waals surface area contributed by atoms with Crippen LogP contribution >= 0.6 is 0 Å². The van der Waals surface area contributed by atoms with Gasteiger partial charge in [0.05, 0.1) is 11.4 Å². The molecule has 2 N–H and O–H groups in total. The van der Waals surface area contributed by atoms with Crippen LogP contribution < -0.4 is 10.6 Å². The topological polar surface area (TPSA) is 72.9 Å². The summed E-state index contributed by atoms with van der Waals surface area (Å²) in [5.41, 5.74) is 7.73. The Balaban J connectivity index is 1.98. The van der Waals surface area contributed by atoms with Gasteiger partial charge in [0, 0.05) is 31.9 Å². The molecule has 1 saturated heterocycles. The number of rotatable bonds is 4. The first kappa shape index (κ1) is 12.9. The van der Waals surface area contributed by atoms with E-state index in [0.717, 1.165) is 43.3 Å². The minimum absolute atomic E-state index is 0.327. The molecule has 0 bridgehead atoms. The van der Waals surface area contributed by atoms with E-state index in [0.29, 0.717) is 5.95 Å². The van der Waals surface area contributed by atoms with Gasteiger partial charge in [0.15, 0.2) is 0 Å². The summed E-state index contributed by atoms with van der Waals surface area (Å²) < 4.78 is 1.97. The van der Waals surface area contributed by atoms with Crippen molar-refractivity contribution in [1.29, 1.82) is 0 Å². The van der Waals surface area contributed by atoms with Crippen LogP contribution in [-0.2, 0) is 6.54 Å². The van der Waals surface area contributed by atoms with E-state index >= 15 is 0 Å². The normalized spacial score (nSPS) is 14.9. The summed E-state index contributed by atoms with van der Waals surface area (Å²) in [5.74, 6) is 1.25. The third-order valence-corrected chi connectivity index (χ3v) is 3.57. The monoisotopic (exact) mass is 272 g/mol. The Hall–Kier alpha value is -2.11. The van der Waals surface area contributed by atoms with E-state index in [-0.39, 0.29) is 0 Å². The molecule has 6 nitrogen and oxygen atoms in total. The van der Waals surface area contributed by atoms with Gasteiger partial charge in [-0.15, -0.1) is 0 Å². The summed E-state index contributed by atoms with van der Waals surface area (Å²) in [6.45, 7) is 5.11. The third kappa shape index (κ3) is 2.45. The van der Waals surface area contributed by atoms with Gasteiger partial charge in [0.2, 0.25) is 5.95 Å². The quantitative estimate of drug-likeness (QED) is 0.920. The zero-order chi connectivity index (χ0) is 13.9. The number of nitrogens with zero attached hydrogens (tertiary/aromatic N) is 5. The number of nitrogen functional groups attached to an aromatic ring is 1. The zero-order valence-corrected chi connectivity index (χ0v) is 11.8. The summed E-state index contributed by atoms with van der Waals surface area (Å²) in [7, 11) is 0. The highest BCUT2D eigenvalue weighted by atomic mass is 15.3. The highest BCUT2D eigenvalue weighted by Gasteiger charge is 2.17. The fourth-order valence-electron chi connectivity index (χ4n) is 2.63. The summed E-state index contributed by atoms with van der Waals surface area (Å²) >= 11 is 0. The van der Waals surface area contributed by atoms with Crippen molar-refractivity contribution in [3.8, 4) is 11.4 Å². The van der Waals surface area contributed by atoms with E-state index in [1.54, 1.807) is 6.20 Å². The van der Waals surface area contributed by atoms with Gasteiger partial charge in [-0.3, -0.25) is 4.68 Å². The fraction of sp³-hybridized carbons (Fsp3) is 0.500. The van der Waals surface area contributed by atoms with Crippen LogP contribution in [0.25, 0.3) is 11.4 Å². The molecule has 0 saturated carbocycles. The highest BCUT2D eigenvalue weighted by Crippen LogP contribution is 2.25.